The summed E-state index contributed by atoms with van der Waals surface area (Å²) >= 11 is 0. The summed E-state index contributed by atoms with van der Waals surface area (Å²) in [7, 11) is 0. The van der Waals surface area contributed by atoms with Crippen molar-refractivity contribution in [3.05, 3.63) is 11.6 Å². The number of hydrogen-bond acceptors (Lipinski definition) is 2. The molecular weight excluding hydrogens is 172 g/mol. The zero-order valence-electron chi connectivity index (χ0n) is 7.33. The Morgan fingerprint density at radius 1 is 1.54 bits per heavy atom. The van der Waals surface area contributed by atoms with Gasteiger partial charge < -0.3 is 15.7 Å². The first-order chi connectivity index (χ1) is 6.09. The van der Waals surface area contributed by atoms with Crippen molar-refractivity contribution in [2.75, 3.05) is 13.1 Å². The number of urea groups is 1. The van der Waals surface area contributed by atoms with Crippen LogP contribution in [0.2, 0.25) is 0 Å². The van der Waals surface area contributed by atoms with Crippen LogP contribution in [0.25, 0.3) is 0 Å². The van der Waals surface area contributed by atoms with Crippen LogP contribution >= 0.6 is 0 Å². The molecule has 1 rings (SSSR count). The van der Waals surface area contributed by atoms with Gasteiger partial charge in [0, 0.05) is 24.6 Å². The Kier molecular flexibility index (Phi) is 2.89. The third-order valence-corrected chi connectivity index (χ3v) is 1.87. The minimum atomic E-state index is -0.920. The smallest absolute Gasteiger partial charge is 0.330 e. The van der Waals surface area contributed by atoms with Crippen molar-refractivity contribution in [1.29, 1.82) is 0 Å². The molecule has 0 aliphatic carbocycles. The lowest BCUT2D eigenvalue weighted by atomic mass is 10.1. The second kappa shape index (κ2) is 3.93. The van der Waals surface area contributed by atoms with E-state index in [4.69, 9.17) is 5.11 Å². The van der Waals surface area contributed by atoms with E-state index in [1.807, 2.05) is 0 Å². The molecule has 0 aromatic heterocycles. The zero-order valence-corrected chi connectivity index (χ0v) is 7.33. The quantitative estimate of drug-likeness (QED) is 0.526. The van der Waals surface area contributed by atoms with Gasteiger partial charge in [-0.05, 0) is 6.92 Å². The maximum Gasteiger partial charge on any atom is 0.330 e. The fourth-order valence-corrected chi connectivity index (χ4v) is 1.12. The van der Waals surface area contributed by atoms with Crippen LogP contribution in [-0.2, 0) is 4.79 Å². The van der Waals surface area contributed by atoms with E-state index in [0.717, 1.165) is 0 Å². The monoisotopic (exact) mass is 184 g/mol. The predicted octanol–water partition coefficient (Wildman–Crippen LogP) is -0.0537. The summed E-state index contributed by atoms with van der Waals surface area (Å²) in [5.74, 6) is -0.856. The molecule has 0 aromatic rings. The molecule has 13 heavy (non-hydrogen) atoms. The minimum Gasteiger partial charge on any atom is -0.478 e. The summed E-state index contributed by atoms with van der Waals surface area (Å²) in [4.78, 5) is 21.1. The lowest BCUT2D eigenvalue weighted by Gasteiger charge is -2.21. The number of carbonyl (C=O) groups excluding carboxylic acids is 1. The third-order valence-electron chi connectivity index (χ3n) is 1.87. The zero-order chi connectivity index (χ0) is 9.84. The Bertz CT molecular complexity index is 250. The largest absolute Gasteiger partial charge is 0.478 e. The number of carboxylic acid groups (broad SMARTS) is 1. The van der Waals surface area contributed by atoms with Gasteiger partial charge in [0.15, 0.2) is 0 Å². The van der Waals surface area contributed by atoms with Crippen LogP contribution in [0, 0.1) is 5.92 Å². The van der Waals surface area contributed by atoms with E-state index >= 15 is 0 Å². The first kappa shape index (κ1) is 9.57. The Morgan fingerprint density at radius 3 is 2.54 bits per heavy atom. The molecule has 1 heterocycles. The molecular formula is C8H12N2O3. The van der Waals surface area contributed by atoms with Crippen LogP contribution in [0.1, 0.15) is 6.92 Å². The maximum atomic E-state index is 10.7. The van der Waals surface area contributed by atoms with E-state index in [0.29, 0.717) is 18.7 Å². The molecule has 3 N–H and O–H groups in total. The lowest BCUT2D eigenvalue weighted by molar-refractivity contribution is -0.132. The van der Waals surface area contributed by atoms with Gasteiger partial charge in [-0.25, -0.2) is 9.59 Å². The number of amides is 2. The highest BCUT2D eigenvalue weighted by Crippen LogP contribution is 2.04. The average Bonchev–Trinajstić information content (AvgIpc) is 2.08. The number of rotatable bonds is 2. The third kappa shape index (κ3) is 2.77. The number of hydrogen-bond donors (Lipinski definition) is 3. The summed E-state index contributed by atoms with van der Waals surface area (Å²) < 4.78 is 0. The van der Waals surface area contributed by atoms with Gasteiger partial charge in [0.2, 0.25) is 0 Å². The van der Waals surface area contributed by atoms with Crippen molar-refractivity contribution in [2.45, 2.75) is 6.92 Å². The van der Waals surface area contributed by atoms with Gasteiger partial charge in [0.1, 0.15) is 0 Å². The van der Waals surface area contributed by atoms with Crippen molar-refractivity contribution in [1.82, 2.24) is 10.6 Å². The van der Waals surface area contributed by atoms with Crippen LogP contribution in [0.3, 0.4) is 0 Å². The fourth-order valence-electron chi connectivity index (χ4n) is 1.12. The van der Waals surface area contributed by atoms with Crippen molar-refractivity contribution < 1.29 is 14.7 Å². The molecule has 2 amide bonds. The second-order valence-corrected chi connectivity index (χ2v) is 3.01. The summed E-state index contributed by atoms with van der Waals surface area (Å²) in [6.45, 7) is 2.53. The van der Waals surface area contributed by atoms with Crippen molar-refractivity contribution in [3.8, 4) is 0 Å². The molecule has 0 aromatic carbocycles. The number of aliphatic carboxylic acids is 1. The Hall–Kier alpha value is -1.52. The molecule has 5 heteroatoms. The molecule has 0 bridgehead atoms. The van der Waals surface area contributed by atoms with Crippen LogP contribution in [-0.4, -0.2) is 30.2 Å². The second-order valence-electron chi connectivity index (χ2n) is 3.01. The fraction of sp³-hybridized carbons (Fsp3) is 0.500. The van der Waals surface area contributed by atoms with E-state index < -0.39 is 5.97 Å². The van der Waals surface area contributed by atoms with Crippen LogP contribution < -0.4 is 10.6 Å². The van der Waals surface area contributed by atoms with E-state index in [1.54, 1.807) is 13.0 Å². The lowest BCUT2D eigenvalue weighted by Crippen LogP contribution is -2.47. The van der Waals surface area contributed by atoms with Crippen LogP contribution in [0.4, 0.5) is 4.79 Å². The van der Waals surface area contributed by atoms with Gasteiger partial charge in [-0.2, -0.15) is 0 Å². The van der Waals surface area contributed by atoms with Crippen LogP contribution in [0.5, 0.6) is 0 Å². The molecule has 5 nitrogen and oxygen atoms in total. The molecule has 0 unspecified atom stereocenters. The van der Waals surface area contributed by atoms with Gasteiger partial charge >= 0.3 is 12.0 Å². The van der Waals surface area contributed by atoms with Crippen molar-refractivity contribution in [2.24, 2.45) is 5.92 Å². The van der Waals surface area contributed by atoms with Gasteiger partial charge in [-0.3, -0.25) is 0 Å². The SMILES string of the molecule is CC(=CC1CNC(=O)NC1)C(=O)O. The van der Waals surface area contributed by atoms with Crippen LogP contribution in [0.15, 0.2) is 11.6 Å². The highest BCUT2D eigenvalue weighted by Gasteiger charge is 2.15. The summed E-state index contributed by atoms with van der Waals surface area (Å²) in [5, 5.41) is 13.8. The maximum absolute atomic E-state index is 10.7. The molecule has 0 atom stereocenters. The molecule has 72 valence electrons. The first-order valence-corrected chi connectivity index (χ1v) is 4.03. The summed E-state index contributed by atoms with van der Waals surface area (Å²) in [6, 6.07) is -0.197. The number of carbonyl (C=O) groups is 2. The molecule has 1 fully saturated rings. The van der Waals surface area contributed by atoms with Gasteiger partial charge in [-0.15, -0.1) is 0 Å². The normalized spacial score (nSPS) is 19.2. The first-order valence-electron chi connectivity index (χ1n) is 4.03. The Balaban J connectivity index is 2.50. The Labute approximate surface area is 75.8 Å². The molecule has 0 spiro atoms. The number of carboxylic acids is 1. The predicted molar refractivity (Wildman–Crippen MR) is 46.3 cm³/mol. The molecule has 1 aliphatic rings. The van der Waals surface area contributed by atoms with E-state index in [2.05, 4.69) is 10.6 Å². The number of nitrogens with one attached hydrogen (secondary N) is 2. The highest BCUT2D eigenvalue weighted by atomic mass is 16.4. The summed E-state index contributed by atoms with van der Waals surface area (Å²) in [6.07, 6.45) is 1.65. The van der Waals surface area contributed by atoms with Gasteiger partial charge in [-0.1, -0.05) is 6.08 Å². The van der Waals surface area contributed by atoms with Gasteiger partial charge in [0.05, 0.1) is 0 Å². The summed E-state index contributed by atoms with van der Waals surface area (Å²) in [5.41, 5.74) is 0.308. The van der Waals surface area contributed by atoms with E-state index in [-0.39, 0.29) is 11.9 Å². The average molecular weight is 184 g/mol. The van der Waals surface area contributed by atoms with Crippen molar-refractivity contribution >= 4 is 12.0 Å². The highest BCUT2D eigenvalue weighted by molar-refractivity contribution is 5.85. The standard InChI is InChI=1S/C8H12N2O3/c1-5(7(11)12)2-6-3-9-8(13)10-4-6/h2,6H,3-4H2,1H3,(H,11,12)(H2,9,10,13). The topological polar surface area (TPSA) is 78.4 Å². The molecule has 1 aliphatic heterocycles. The molecule has 1 saturated heterocycles. The Morgan fingerprint density at radius 2 is 2.08 bits per heavy atom. The molecule has 0 radical (unpaired) electrons. The molecule has 0 saturated carbocycles. The van der Waals surface area contributed by atoms with E-state index in [1.165, 1.54) is 0 Å². The van der Waals surface area contributed by atoms with Crippen molar-refractivity contribution in [3.63, 3.8) is 0 Å². The van der Waals surface area contributed by atoms with Gasteiger partial charge in [0.25, 0.3) is 0 Å². The van der Waals surface area contributed by atoms with E-state index in [9.17, 15) is 9.59 Å². The minimum absolute atomic E-state index is 0.0637.